The van der Waals surface area contributed by atoms with Gasteiger partial charge in [-0.2, -0.15) is 0 Å². The van der Waals surface area contributed by atoms with Crippen LogP contribution in [0.15, 0.2) is 24.3 Å². The summed E-state index contributed by atoms with van der Waals surface area (Å²) in [5.41, 5.74) is 7.19. The zero-order chi connectivity index (χ0) is 18.2. The number of anilines is 1. The zero-order valence-corrected chi connectivity index (χ0v) is 14.4. The third-order valence-electron chi connectivity index (χ3n) is 3.99. The molecular weight excluding hydrogens is 322 g/mol. The number of esters is 1. The van der Waals surface area contributed by atoms with E-state index in [4.69, 9.17) is 15.9 Å². The molecule has 1 fully saturated rings. The highest BCUT2D eigenvalue weighted by Crippen LogP contribution is 2.20. The van der Waals surface area contributed by atoms with Gasteiger partial charge in [-0.25, -0.2) is 4.79 Å². The van der Waals surface area contributed by atoms with Crippen LogP contribution < -0.4 is 21.3 Å². The SMILES string of the molecule is CCOC(=O)CCNC(=O)NC1CCN(c2ccc(C(=N)N)cc2)C1. The number of nitrogens with zero attached hydrogens (tertiary/aromatic N) is 1. The molecule has 136 valence electrons. The summed E-state index contributed by atoms with van der Waals surface area (Å²) in [4.78, 5) is 25.3. The van der Waals surface area contributed by atoms with Crippen LogP contribution in [-0.4, -0.2) is 50.1 Å². The van der Waals surface area contributed by atoms with Crippen LogP contribution in [-0.2, 0) is 9.53 Å². The smallest absolute Gasteiger partial charge is 0.315 e. The number of nitrogens with one attached hydrogen (secondary N) is 3. The van der Waals surface area contributed by atoms with Gasteiger partial charge in [0.2, 0.25) is 0 Å². The first-order valence-electron chi connectivity index (χ1n) is 8.39. The average Bonchev–Trinajstić information content (AvgIpc) is 3.03. The Labute approximate surface area is 147 Å². The number of amidine groups is 1. The van der Waals surface area contributed by atoms with Crippen molar-refractivity contribution in [3.8, 4) is 0 Å². The van der Waals surface area contributed by atoms with Crippen LogP contribution in [0.1, 0.15) is 25.3 Å². The van der Waals surface area contributed by atoms with Crippen LogP contribution in [0.5, 0.6) is 0 Å². The quantitative estimate of drug-likeness (QED) is 0.330. The number of hydrogen-bond donors (Lipinski definition) is 4. The zero-order valence-electron chi connectivity index (χ0n) is 14.4. The summed E-state index contributed by atoms with van der Waals surface area (Å²) in [6, 6.07) is 7.27. The Kier molecular flexibility index (Phi) is 6.62. The van der Waals surface area contributed by atoms with Crippen LogP contribution in [0.4, 0.5) is 10.5 Å². The largest absolute Gasteiger partial charge is 0.466 e. The van der Waals surface area contributed by atoms with Gasteiger partial charge < -0.3 is 26.0 Å². The van der Waals surface area contributed by atoms with Gasteiger partial charge in [0.05, 0.1) is 13.0 Å². The second-order valence-electron chi connectivity index (χ2n) is 5.85. The second kappa shape index (κ2) is 8.91. The molecule has 1 aromatic rings. The predicted octanol–water partition coefficient (Wildman–Crippen LogP) is 0.802. The minimum Gasteiger partial charge on any atom is -0.466 e. The molecule has 1 heterocycles. The molecule has 1 saturated heterocycles. The molecular formula is C17H25N5O3. The van der Waals surface area contributed by atoms with Crippen molar-refractivity contribution in [2.75, 3.05) is 31.1 Å². The molecule has 8 nitrogen and oxygen atoms in total. The van der Waals surface area contributed by atoms with Crippen molar-refractivity contribution in [3.05, 3.63) is 29.8 Å². The van der Waals surface area contributed by atoms with Crippen LogP contribution >= 0.6 is 0 Å². The molecule has 2 amide bonds. The summed E-state index contributed by atoms with van der Waals surface area (Å²) in [5, 5.41) is 13.0. The molecule has 0 saturated carbocycles. The first-order valence-corrected chi connectivity index (χ1v) is 8.39. The molecule has 8 heteroatoms. The van der Waals surface area contributed by atoms with Crippen molar-refractivity contribution in [1.29, 1.82) is 5.41 Å². The molecule has 1 aliphatic heterocycles. The number of carbonyl (C=O) groups excluding carboxylic acids is 2. The minimum atomic E-state index is -0.316. The van der Waals surface area contributed by atoms with E-state index in [0.29, 0.717) is 18.7 Å². The number of hydrogen-bond acceptors (Lipinski definition) is 5. The van der Waals surface area contributed by atoms with E-state index in [1.165, 1.54) is 0 Å². The van der Waals surface area contributed by atoms with Gasteiger partial charge in [0.25, 0.3) is 0 Å². The predicted molar refractivity (Wildman–Crippen MR) is 95.9 cm³/mol. The lowest BCUT2D eigenvalue weighted by atomic mass is 10.2. The lowest BCUT2D eigenvalue weighted by Gasteiger charge is -2.19. The Bertz CT molecular complexity index is 617. The van der Waals surface area contributed by atoms with E-state index in [9.17, 15) is 9.59 Å². The van der Waals surface area contributed by atoms with E-state index in [2.05, 4.69) is 15.5 Å². The fourth-order valence-electron chi connectivity index (χ4n) is 2.71. The third-order valence-corrected chi connectivity index (χ3v) is 3.99. The lowest BCUT2D eigenvalue weighted by Crippen LogP contribution is -2.44. The maximum absolute atomic E-state index is 11.9. The third kappa shape index (κ3) is 5.66. The van der Waals surface area contributed by atoms with E-state index in [-0.39, 0.29) is 36.8 Å². The van der Waals surface area contributed by atoms with E-state index >= 15 is 0 Å². The number of nitrogens with two attached hydrogens (primary N) is 1. The van der Waals surface area contributed by atoms with Gasteiger partial charge in [-0.3, -0.25) is 10.2 Å². The number of carbonyl (C=O) groups is 2. The Morgan fingerprint density at radius 1 is 1.36 bits per heavy atom. The summed E-state index contributed by atoms with van der Waals surface area (Å²) in [6.07, 6.45) is 1.01. The minimum absolute atomic E-state index is 0.0482. The number of rotatable bonds is 7. The normalized spacial score (nSPS) is 16.4. The molecule has 1 atom stereocenters. The number of urea groups is 1. The first kappa shape index (κ1) is 18.6. The van der Waals surface area contributed by atoms with Crippen LogP contribution in [0.25, 0.3) is 0 Å². The summed E-state index contributed by atoms with van der Waals surface area (Å²) in [7, 11) is 0. The van der Waals surface area contributed by atoms with E-state index < -0.39 is 0 Å². The molecule has 0 aromatic heterocycles. The topological polar surface area (TPSA) is 121 Å². The maximum Gasteiger partial charge on any atom is 0.315 e. The molecule has 1 aliphatic rings. The highest BCUT2D eigenvalue weighted by molar-refractivity contribution is 5.95. The summed E-state index contributed by atoms with van der Waals surface area (Å²) in [6.45, 7) is 3.90. The number of amides is 2. The van der Waals surface area contributed by atoms with Gasteiger partial charge in [-0.1, -0.05) is 0 Å². The van der Waals surface area contributed by atoms with Crippen molar-refractivity contribution < 1.29 is 14.3 Å². The van der Waals surface area contributed by atoms with E-state index in [1.807, 2.05) is 24.3 Å². The van der Waals surface area contributed by atoms with Crippen molar-refractivity contribution >= 4 is 23.5 Å². The number of benzene rings is 1. The van der Waals surface area contributed by atoms with Crippen molar-refractivity contribution in [2.45, 2.75) is 25.8 Å². The van der Waals surface area contributed by atoms with Gasteiger partial charge >= 0.3 is 12.0 Å². The molecule has 1 unspecified atom stereocenters. The van der Waals surface area contributed by atoms with Crippen LogP contribution in [0, 0.1) is 5.41 Å². The van der Waals surface area contributed by atoms with Gasteiger partial charge in [0.1, 0.15) is 5.84 Å². The van der Waals surface area contributed by atoms with Gasteiger partial charge in [-0.05, 0) is 37.6 Å². The standard InChI is InChI=1S/C17H25N5O3/c1-2-25-15(23)7-9-20-17(24)21-13-8-10-22(11-13)14-5-3-12(4-6-14)16(18)19/h3-6,13H,2,7-11H2,1H3,(H3,18,19)(H2,20,21,24). The van der Waals surface area contributed by atoms with E-state index in [1.54, 1.807) is 6.92 Å². The fraction of sp³-hybridized carbons (Fsp3) is 0.471. The Balaban J connectivity index is 1.74. The van der Waals surface area contributed by atoms with Crippen molar-refractivity contribution in [3.63, 3.8) is 0 Å². The van der Waals surface area contributed by atoms with E-state index in [0.717, 1.165) is 18.7 Å². The molecule has 0 radical (unpaired) electrons. The molecule has 25 heavy (non-hydrogen) atoms. The molecule has 0 bridgehead atoms. The van der Waals surface area contributed by atoms with Crippen LogP contribution in [0.2, 0.25) is 0 Å². The monoisotopic (exact) mass is 347 g/mol. The Hall–Kier alpha value is -2.77. The first-order chi connectivity index (χ1) is 12.0. The lowest BCUT2D eigenvalue weighted by molar-refractivity contribution is -0.142. The average molecular weight is 347 g/mol. The molecule has 0 spiro atoms. The second-order valence-corrected chi connectivity index (χ2v) is 5.85. The number of nitrogen functional groups attached to an aromatic ring is 1. The van der Waals surface area contributed by atoms with Crippen LogP contribution in [0.3, 0.4) is 0 Å². The molecule has 2 rings (SSSR count). The van der Waals surface area contributed by atoms with Gasteiger partial charge in [0.15, 0.2) is 0 Å². The fourth-order valence-corrected chi connectivity index (χ4v) is 2.71. The maximum atomic E-state index is 11.9. The summed E-state index contributed by atoms with van der Waals surface area (Å²) < 4.78 is 4.80. The highest BCUT2D eigenvalue weighted by atomic mass is 16.5. The molecule has 0 aliphatic carbocycles. The summed E-state index contributed by atoms with van der Waals surface area (Å²) in [5.74, 6) is -0.268. The van der Waals surface area contributed by atoms with Crippen molar-refractivity contribution in [1.82, 2.24) is 10.6 Å². The molecule has 1 aromatic carbocycles. The summed E-state index contributed by atoms with van der Waals surface area (Å²) >= 11 is 0. The Morgan fingerprint density at radius 3 is 2.72 bits per heavy atom. The highest BCUT2D eigenvalue weighted by Gasteiger charge is 2.24. The van der Waals surface area contributed by atoms with Gasteiger partial charge in [0, 0.05) is 36.9 Å². The number of ether oxygens (including phenoxy) is 1. The molecule has 5 N–H and O–H groups in total. The van der Waals surface area contributed by atoms with Crippen molar-refractivity contribution in [2.24, 2.45) is 5.73 Å². The Morgan fingerprint density at radius 2 is 2.08 bits per heavy atom. The van der Waals surface area contributed by atoms with Gasteiger partial charge in [-0.15, -0.1) is 0 Å².